The SMILES string of the molecule is NCc1ccccc1-c1cc(CC(=O)C2(c3ccc4c(c3)OCO4)CC2)cc(C(F)(F)F)c1. The van der Waals surface area contributed by atoms with Crippen molar-refractivity contribution in [1.82, 2.24) is 0 Å². The Morgan fingerprint density at radius 3 is 2.45 bits per heavy atom. The molecule has 7 heteroatoms. The second kappa shape index (κ2) is 7.92. The van der Waals surface area contributed by atoms with E-state index in [1.54, 1.807) is 36.4 Å². The van der Waals surface area contributed by atoms with Gasteiger partial charge >= 0.3 is 6.18 Å². The number of ether oxygens (including phenoxy) is 2. The summed E-state index contributed by atoms with van der Waals surface area (Å²) in [7, 11) is 0. The van der Waals surface area contributed by atoms with Gasteiger partial charge in [-0.15, -0.1) is 0 Å². The van der Waals surface area contributed by atoms with Gasteiger partial charge < -0.3 is 15.2 Å². The Morgan fingerprint density at radius 2 is 1.73 bits per heavy atom. The van der Waals surface area contributed by atoms with Crippen LogP contribution in [-0.2, 0) is 29.4 Å². The lowest BCUT2D eigenvalue weighted by molar-refractivity contribution is -0.137. The summed E-state index contributed by atoms with van der Waals surface area (Å²) < 4.78 is 51.8. The first-order valence-corrected chi connectivity index (χ1v) is 10.7. The van der Waals surface area contributed by atoms with Gasteiger partial charge in [0.1, 0.15) is 5.78 Å². The van der Waals surface area contributed by atoms with E-state index in [1.165, 1.54) is 0 Å². The predicted octanol–water partition coefficient (Wildman–Crippen LogP) is 5.40. The van der Waals surface area contributed by atoms with E-state index in [-0.39, 0.29) is 25.5 Å². The second-order valence-electron chi connectivity index (χ2n) is 8.53. The number of fused-ring (bicyclic) bond motifs is 1. The molecule has 1 aliphatic carbocycles. The summed E-state index contributed by atoms with van der Waals surface area (Å²) in [5.41, 5.74) is 7.28. The zero-order valence-electron chi connectivity index (χ0n) is 17.7. The zero-order valence-corrected chi connectivity index (χ0v) is 17.7. The Hall–Kier alpha value is -3.32. The second-order valence-corrected chi connectivity index (χ2v) is 8.53. The number of carbonyl (C=O) groups is 1. The first-order valence-electron chi connectivity index (χ1n) is 10.7. The van der Waals surface area contributed by atoms with Crippen LogP contribution in [0.4, 0.5) is 13.2 Å². The molecule has 1 aliphatic heterocycles. The van der Waals surface area contributed by atoms with Gasteiger partial charge in [-0.3, -0.25) is 4.79 Å². The molecule has 2 aliphatic rings. The molecule has 1 saturated carbocycles. The normalized spacial score (nSPS) is 16.0. The number of carbonyl (C=O) groups excluding carboxylic acids is 1. The topological polar surface area (TPSA) is 61.6 Å². The fourth-order valence-electron chi connectivity index (χ4n) is 4.50. The van der Waals surface area contributed by atoms with Gasteiger partial charge in [0.25, 0.3) is 0 Å². The molecular weight excluding hydrogens is 431 g/mol. The smallest absolute Gasteiger partial charge is 0.416 e. The van der Waals surface area contributed by atoms with Crippen LogP contribution in [0.15, 0.2) is 60.7 Å². The van der Waals surface area contributed by atoms with Gasteiger partial charge in [0.2, 0.25) is 6.79 Å². The third-order valence-electron chi connectivity index (χ3n) is 6.44. The van der Waals surface area contributed by atoms with E-state index >= 15 is 0 Å². The minimum atomic E-state index is -4.53. The highest BCUT2D eigenvalue weighted by atomic mass is 19.4. The molecule has 0 saturated heterocycles. The minimum Gasteiger partial charge on any atom is -0.454 e. The van der Waals surface area contributed by atoms with Crippen molar-refractivity contribution in [3.8, 4) is 22.6 Å². The van der Waals surface area contributed by atoms with Crippen LogP contribution in [-0.4, -0.2) is 12.6 Å². The van der Waals surface area contributed by atoms with Gasteiger partial charge in [-0.25, -0.2) is 0 Å². The van der Waals surface area contributed by atoms with Crippen molar-refractivity contribution in [3.05, 3.63) is 82.9 Å². The Morgan fingerprint density at radius 1 is 0.970 bits per heavy atom. The highest BCUT2D eigenvalue weighted by Crippen LogP contribution is 2.51. The van der Waals surface area contributed by atoms with E-state index in [0.717, 1.165) is 23.3 Å². The van der Waals surface area contributed by atoms with E-state index in [2.05, 4.69) is 0 Å². The Bertz CT molecular complexity index is 1230. The highest BCUT2D eigenvalue weighted by molar-refractivity contribution is 5.95. The van der Waals surface area contributed by atoms with E-state index in [1.807, 2.05) is 12.1 Å². The molecule has 33 heavy (non-hydrogen) atoms. The van der Waals surface area contributed by atoms with Crippen LogP contribution in [0.25, 0.3) is 11.1 Å². The molecule has 1 heterocycles. The number of hydrogen-bond acceptors (Lipinski definition) is 4. The molecule has 0 spiro atoms. The number of alkyl halides is 3. The molecule has 1 fully saturated rings. The summed E-state index contributed by atoms with van der Waals surface area (Å²) in [6, 6.07) is 16.4. The highest BCUT2D eigenvalue weighted by Gasteiger charge is 2.51. The fourth-order valence-corrected chi connectivity index (χ4v) is 4.50. The standard InChI is InChI=1S/C26H22F3NO3/c27-26(28,29)20-10-16(9-18(12-20)21-4-2-1-3-17(21)14-30)11-24(31)25(7-8-25)19-5-6-22-23(13-19)33-15-32-22/h1-6,9-10,12-13H,7-8,11,14-15,30H2. The first kappa shape index (κ1) is 21.5. The maximum atomic E-state index is 13.7. The van der Waals surface area contributed by atoms with Gasteiger partial charge in [-0.1, -0.05) is 36.4 Å². The summed E-state index contributed by atoms with van der Waals surface area (Å²) >= 11 is 0. The summed E-state index contributed by atoms with van der Waals surface area (Å²) in [6.45, 7) is 0.338. The van der Waals surface area contributed by atoms with Crippen LogP contribution < -0.4 is 15.2 Å². The molecule has 2 N–H and O–H groups in total. The van der Waals surface area contributed by atoms with Crippen LogP contribution in [0.3, 0.4) is 0 Å². The number of benzene rings is 3. The summed E-state index contributed by atoms with van der Waals surface area (Å²) in [5.74, 6) is 1.12. The molecule has 3 aromatic rings. The number of Topliss-reactive ketones (excluding diaryl/α,β-unsaturated/α-hetero) is 1. The van der Waals surface area contributed by atoms with E-state index < -0.39 is 17.2 Å². The van der Waals surface area contributed by atoms with Crippen LogP contribution in [0, 0.1) is 0 Å². The quantitative estimate of drug-likeness (QED) is 0.543. The third kappa shape index (κ3) is 3.97. The summed E-state index contributed by atoms with van der Waals surface area (Å²) in [6.07, 6.45) is -3.29. The monoisotopic (exact) mass is 453 g/mol. The molecule has 4 nitrogen and oxygen atoms in total. The molecule has 0 bridgehead atoms. The zero-order chi connectivity index (χ0) is 23.2. The van der Waals surface area contributed by atoms with E-state index in [4.69, 9.17) is 15.2 Å². The number of hydrogen-bond donors (Lipinski definition) is 1. The van der Waals surface area contributed by atoms with Crippen molar-refractivity contribution in [2.75, 3.05) is 6.79 Å². The van der Waals surface area contributed by atoms with E-state index in [0.29, 0.717) is 41.0 Å². The van der Waals surface area contributed by atoms with Crippen LogP contribution in [0.5, 0.6) is 11.5 Å². The minimum absolute atomic E-state index is 0.0871. The first-order chi connectivity index (χ1) is 15.8. The Balaban J connectivity index is 1.49. The van der Waals surface area contributed by atoms with Crippen molar-refractivity contribution in [2.45, 2.75) is 37.4 Å². The summed E-state index contributed by atoms with van der Waals surface area (Å²) in [4.78, 5) is 13.4. The van der Waals surface area contributed by atoms with Crippen LogP contribution >= 0.6 is 0 Å². The molecule has 3 aromatic carbocycles. The van der Waals surface area contributed by atoms with Crippen molar-refractivity contribution in [2.24, 2.45) is 5.73 Å². The molecule has 0 radical (unpaired) electrons. The molecule has 5 rings (SSSR count). The molecule has 0 atom stereocenters. The maximum absolute atomic E-state index is 13.7. The van der Waals surface area contributed by atoms with Gasteiger partial charge in [-0.2, -0.15) is 13.2 Å². The van der Waals surface area contributed by atoms with Crippen LogP contribution in [0.2, 0.25) is 0 Å². The largest absolute Gasteiger partial charge is 0.454 e. The Labute approximate surface area is 189 Å². The lowest BCUT2D eigenvalue weighted by Gasteiger charge is -2.17. The average molecular weight is 453 g/mol. The molecule has 0 aromatic heterocycles. The molecule has 0 unspecified atom stereocenters. The number of rotatable bonds is 6. The third-order valence-corrected chi connectivity index (χ3v) is 6.44. The molecular formula is C26H22F3NO3. The average Bonchev–Trinajstić information content (AvgIpc) is 3.49. The van der Waals surface area contributed by atoms with Gasteiger partial charge in [0.05, 0.1) is 11.0 Å². The van der Waals surface area contributed by atoms with Crippen molar-refractivity contribution < 1.29 is 27.4 Å². The van der Waals surface area contributed by atoms with Crippen LogP contribution in [0.1, 0.15) is 35.1 Å². The maximum Gasteiger partial charge on any atom is 0.416 e. The molecule has 170 valence electrons. The molecule has 0 amide bonds. The van der Waals surface area contributed by atoms with Crippen molar-refractivity contribution in [1.29, 1.82) is 0 Å². The van der Waals surface area contributed by atoms with E-state index in [9.17, 15) is 18.0 Å². The van der Waals surface area contributed by atoms with Gasteiger partial charge in [-0.05, 0) is 64.9 Å². The predicted molar refractivity (Wildman–Crippen MR) is 117 cm³/mol. The number of halogens is 3. The Kier molecular flexibility index (Phi) is 5.16. The van der Waals surface area contributed by atoms with Crippen molar-refractivity contribution >= 4 is 5.78 Å². The van der Waals surface area contributed by atoms with Gasteiger partial charge in [0.15, 0.2) is 11.5 Å². The number of nitrogens with two attached hydrogens (primary N) is 1. The van der Waals surface area contributed by atoms with Gasteiger partial charge in [0, 0.05) is 13.0 Å². The lowest BCUT2D eigenvalue weighted by atomic mass is 9.86. The van der Waals surface area contributed by atoms with Crippen molar-refractivity contribution in [3.63, 3.8) is 0 Å². The summed E-state index contributed by atoms with van der Waals surface area (Å²) in [5, 5.41) is 0. The fraction of sp³-hybridized carbons (Fsp3) is 0.269. The number of ketones is 1. The lowest BCUT2D eigenvalue weighted by Crippen LogP contribution is -2.22.